The Bertz CT molecular complexity index is 663. The summed E-state index contributed by atoms with van der Waals surface area (Å²) in [6.45, 7) is 0.549. The highest BCUT2D eigenvalue weighted by Crippen LogP contribution is 2.40. The van der Waals surface area contributed by atoms with E-state index in [-0.39, 0.29) is 24.1 Å². The highest BCUT2D eigenvalue weighted by atomic mass is 35.5. The third-order valence-electron chi connectivity index (χ3n) is 2.45. The smallest absolute Gasteiger partial charge is 0.353 e. The number of anilines is 1. The maximum Gasteiger partial charge on any atom is 0.353 e. The minimum absolute atomic E-state index is 0.0458. The van der Waals surface area contributed by atoms with Crippen molar-refractivity contribution in [2.75, 3.05) is 25.8 Å². The molecule has 3 N–H and O–H groups in total. The van der Waals surface area contributed by atoms with Crippen LogP contribution >= 0.6 is 19.2 Å². The van der Waals surface area contributed by atoms with Crippen LogP contribution in [0.25, 0.3) is 11.2 Å². The van der Waals surface area contributed by atoms with Gasteiger partial charge in [0.15, 0.2) is 10.8 Å². The van der Waals surface area contributed by atoms with E-state index >= 15 is 0 Å². The number of nitrogen functional groups attached to an aromatic ring is 1. The molecule has 0 aliphatic rings. The van der Waals surface area contributed by atoms with E-state index in [0.717, 1.165) is 7.11 Å². The van der Waals surface area contributed by atoms with Crippen LogP contribution in [0.2, 0.25) is 5.15 Å². The predicted octanol–water partition coefficient (Wildman–Crippen LogP) is 0.868. The summed E-state index contributed by atoms with van der Waals surface area (Å²) < 4.78 is 22.3. The Kier molecular flexibility index (Phi) is 4.56. The number of hydrogen-bond donors (Lipinski definition) is 2. The fourth-order valence-corrected chi connectivity index (χ4v) is 2.17. The Hall–Kier alpha value is -1.25. The number of imidazole rings is 1. The van der Waals surface area contributed by atoms with Crippen LogP contribution in [0.15, 0.2) is 6.33 Å². The predicted molar refractivity (Wildman–Crippen MR) is 72.4 cm³/mol. The highest BCUT2D eigenvalue weighted by Gasteiger charge is 2.17. The summed E-state index contributed by atoms with van der Waals surface area (Å²) >= 11 is 5.89. The van der Waals surface area contributed by atoms with Crippen LogP contribution in [-0.4, -0.2) is 44.5 Å². The van der Waals surface area contributed by atoms with Gasteiger partial charge in [0.1, 0.15) is 11.9 Å². The van der Waals surface area contributed by atoms with Gasteiger partial charge in [0.25, 0.3) is 0 Å². The van der Waals surface area contributed by atoms with E-state index in [2.05, 4.69) is 19.5 Å². The van der Waals surface area contributed by atoms with E-state index in [1.807, 2.05) is 0 Å². The van der Waals surface area contributed by atoms with Crippen molar-refractivity contribution in [1.82, 2.24) is 19.5 Å². The number of rotatable bonds is 6. The molecular weight excluding hydrogens is 309 g/mol. The first-order chi connectivity index (χ1) is 9.43. The second kappa shape index (κ2) is 6.02. The Morgan fingerprint density at radius 2 is 2.30 bits per heavy atom. The van der Waals surface area contributed by atoms with E-state index in [9.17, 15) is 4.57 Å². The fraction of sp³-hybridized carbons (Fsp3) is 0.444. The molecular formula is C9H13ClN5O4P. The summed E-state index contributed by atoms with van der Waals surface area (Å²) in [4.78, 5) is 21.1. The molecule has 0 aliphatic heterocycles. The lowest BCUT2D eigenvalue weighted by atomic mass is 10.5. The lowest BCUT2D eigenvalue weighted by Crippen LogP contribution is -2.08. The summed E-state index contributed by atoms with van der Waals surface area (Å²) in [5.74, 6) is 0.0458. The van der Waals surface area contributed by atoms with Crippen LogP contribution in [0.4, 0.5) is 5.95 Å². The van der Waals surface area contributed by atoms with Gasteiger partial charge in [-0.3, -0.25) is 4.57 Å². The van der Waals surface area contributed by atoms with Crippen molar-refractivity contribution in [2.45, 2.75) is 6.54 Å². The molecule has 2 heterocycles. The molecule has 1 unspecified atom stereocenters. The lowest BCUT2D eigenvalue weighted by molar-refractivity contribution is 0.144. The van der Waals surface area contributed by atoms with Crippen molar-refractivity contribution in [3.05, 3.63) is 11.5 Å². The van der Waals surface area contributed by atoms with Crippen LogP contribution in [0.3, 0.4) is 0 Å². The number of fused-ring (bicyclic) bond motifs is 1. The van der Waals surface area contributed by atoms with E-state index in [4.69, 9.17) is 27.0 Å². The zero-order chi connectivity index (χ0) is 14.8. The highest BCUT2D eigenvalue weighted by molar-refractivity contribution is 7.52. The lowest BCUT2D eigenvalue weighted by Gasteiger charge is -2.09. The Morgan fingerprint density at radius 1 is 1.55 bits per heavy atom. The van der Waals surface area contributed by atoms with Crippen LogP contribution < -0.4 is 5.73 Å². The molecule has 1 atom stereocenters. The molecule has 0 spiro atoms. The SMILES string of the molecule is COP(=O)(O)COCCn1cnc2c(Cl)nc(N)nc21. The molecule has 0 radical (unpaired) electrons. The standard InChI is InChI=1S/C9H13ClN5O4P/c1-18-20(16,17)5-19-3-2-15-4-12-6-7(10)13-9(11)14-8(6)15/h4H,2-3,5H2,1H3,(H,16,17)(H2,11,13,14). The van der Waals surface area contributed by atoms with Gasteiger partial charge in [-0.05, 0) is 0 Å². The average Bonchev–Trinajstić information content (AvgIpc) is 2.78. The molecule has 0 saturated carbocycles. The second-order valence-corrected chi connectivity index (χ2v) is 6.10. The van der Waals surface area contributed by atoms with Gasteiger partial charge < -0.3 is 24.5 Å². The van der Waals surface area contributed by atoms with Gasteiger partial charge in [0.05, 0.1) is 12.9 Å². The fourth-order valence-electron chi connectivity index (χ4n) is 1.48. The molecule has 0 saturated heterocycles. The number of nitrogens with two attached hydrogens (primary N) is 1. The largest absolute Gasteiger partial charge is 0.368 e. The number of ether oxygens (including phenoxy) is 1. The van der Waals surface area contributed by atoms with Gasteiger partial charge >= 0.3 is 7.60 Å². The molecule has 0 fully saturated rings. The molecule has 110 valence electrons. The first-order valence-corrected chi connectivity index (χ1v) is 7.66. The summed E-state index contributed by atoms with van der Waals surface area (Å²) in [6, 6.07) is 0. The molecule has 0 bridgehead atoms. The molecule has 2 aromatic rings. The number of hydrogen-bond acceptors (Lipinski definition) is 7. The first-order valence-electron chi connectivity index (χ1n) is 5.52. The van der Waals surface area contributed by atoms with Crippen molar-refractivity contribution < 1.29 is 18.7 Å². The third kappa shape index (κ3) is 3.44. The zero-order valence-electron chi connectivity index (χ0n) is 10.6. The average molecular weight is 322 g/mol. The van der Waals surface area contributed by atoms with Gasteiger partial charge in [-0.15, -0.1) is 0 Å². The van der Waals surface area contributed by atoms with Crippen molar-refractivity contribution >= 4 is 36.3 Å². The minimum atomic E-state index is -3.66. The van der Waals surface area contributed by atoms with Crippen LogP contribution in [0.5, 0.6) is 0 Å². The van der Waals surface area contributed by atoms with Crippen molar-refractivity contribution in [3.8, 4) is 0 Å². The minimum Gasteiger partial charge on any atom is -0.368 e. The molecule has 9 nitrogen and oxygen atoms in total. The molecule has 0 amide bonds. The molecule has 11 heteroatoms. The number of nitrogens with zero attached hydrogens (tertiary/aromatic N) is 4. The number of aromatic nitrogens is 4. The normalized spacial score (nSPS) is 14.6. The van der Waals surface area contributed by atoms with Crippen LogP contribution in [-0.2, 0) is 20.4 Å². The Labute approximate surface area is 119 Å². The van der Waals surface area contributed by atoms with E-state index < -0.39 is 7.60 Å². The molecule has 0 aromatic carbocycles. The van der Waals surface area contributed by atoms with E-state index in [0.29, 0.717) is 17.7 Å². The third-order valence-corrected chi connectivity index (χ3v) is 3.80. The van der Waals surface area contributed by atoms with Crippen molar-refractivity contribution in [3.63, 3.8) is 0 Å². The van der Waals surface area contributed by atoms with Gasteiger partial charge in [0.2, 0.25) is 5.95 Å². The topological polar surface area (TPSA) is 125 Å². The van der Waals surface area contributed by atoms with E-state index in [1.165, 1.54) is 6.33 Å². The summed E-state index contributed by atoms with van der Waals surface area (Å²) in [5.41, 5.74) is 6.43. The molecule has 20 heavy (non-hydrogen) atoms. The molecule has 2 rings (SSSR count). The summed E-state index contributed by atoms with van der Waals surface area (Å²) in [6.07, 6.45) is 1.14. The van der Waals surface area contributed by atoms with Gasteiger partial charge in [-0.25, -0.2) is 4.98 Å². The van der Waals surface area contributed by atoms with Crippen LogP contribution in [0.1, 0.15) is 0 Å². The van der Waals surface area contributed by atoms with Crippen molar-refractivity contribution in [2.24, 2.45) is 0 Å². The quantitative estimate of drug-likeness (QED) is 0.456. The Morgan fingerprint density at radius 3 is 3.00 bits per heavy atom. The van der Waals surface area contributed by atoms with Gasteiger partial charge in [0, 0.05) is 13.7 Å². The maximum atomic E-state index is 11.2. The van der Waals surface area contributed by atoms with Crippen molar-refractivity contribution in [1.29, 1.82) is 0 Å². The zero-order valence-corrected chi connectivity index (χ0v) is 12.2. The van der Waals surface area contributed by atoms with Crippen LogP contribution in [0, 0.1) is 0 Å². The molecule has 2 aromatic heterocycles. The van der Waals surface area contributed by atoms with Gasteiger partial charge in [-0.1, -0.05) is 11.6 Å². The molecule has 0 aliphatic carbocycles. The Balaban J connectivity index is 2.02. The first kappa shape index (κ1) is 15.1. The summed E-state index contributed by atoms with van der Waals surface area (Å²) in [7, 11) is -2.51. The van der Waals surface area contributed by atoms with E-state index in [1.54, 1.807) is 4.57 Å². The summed E-state index contributed by atoms with van der Waals surface area (Å²) in [5, 5.41) is 0.173. The second-order valence-electron chi connectivity index (χ2n) is 3.84. The number of halogens is 1. The maximum absolute atomic E-state index is 11.2. The monoisotopic (exact) mass is 321 g/mol. The van der Waals surface area contributed by atoms with Gasteiger partial charge in [-0.2, -0.15) is 9.97 Å².